The summed E-state index contributed by atoms with van der Waals surface area (Å²) < 4.78 is 3.70. The SMILES string of the molecule is CCCCCCCCCCCC[Si]1(CCCCCCCCCCCC)c2c[c]([Sn]([CH3])([CH3])[CH3])sc2-c2s[c]([Sn]([CH3])([CH3])[CH3])cc21. The Morgan fingerprint density at radius 3 is 1.00 bits per heavy atom. The standard InChI is InChI=1S/C32H52S2Si.6CH3.2Sn/c1-3-5-7-9-11-13-15-17-19-21-27-35(28-22-20-18-16-14-12-10-8-6-4-2)29-23-25-33-31(29)32-30(35)24-26-34-32;;;;;;;;/h23-24H,3-22,27-28H2,1-2H3;6*1H3;;. The predicted octanol–water partition coefficient (Wildman–Crippen LogP) is 12.3. The van der Waals surface area contributed by atoms with E-state index in [0.717, 1.165) is 0 Å². The maximum atomic E-state index is 2.85. The number of unbranched alkanes of at least 4 members (excludes halogenated alkanes) is 18. The normalized spacial score (nSPS) is 14.4. The average Bonchev–Trinajstić information content (AvgIpc) is 3.64. The van der Waals surface area contributed by atoms with Gasteiger partial charge in [-0.15, -0.1) is 0 Å². The molecule has 246 valence electrons. The molecule has 43 heavy (non-hydrogen) atoms. The summed E-state index contributed by atoms with van der Waals surface area (Å²) in [5.74, 6) is 0. The average molecular weight is 857 g/mol. The molecular weight excluding hydrogens is 786 g/mol. The van der Waals surface area contributed by atoms with E-state index in [-0.39, 0.29) is 0 Å². The van der Waals surface area contributed by atoms with Gasteiger partial charge in [0.05, 0.1) is 0 Å². The minimum absolute atomic E-state index is 1.36. The Bertz CT molecular complexity index is 971. The van der Waals surface area contributed by atoms with Crippen LogP contribution in [0.2, 0.25) is 41.7 Å². The van der Waals surface area contributed by atoms with Crippen LogP contribution in [0.4, 0.5) is 0 Å². The van der Waals surface area contributed by atoms with Crippen molar-refractivity contribution in [2.45, 2.75) is 184 Å². The van der Waals surface area contributed by atoms with Crippen LogP contribution in [0.1, 0.15) is 142 Å². The molecule has 0 unspecified atom stereocenters. The molecule has 0 N–H and O–H groups in total. The molecule has 0 radical (unpaired) electrons. The van der Waals surface area contributed by atoms with Crippen molar-refractivity contribution in [2.75, 3.05) is 0 Å². The Morgan fingerprint density at radius 2 is 0.721 bits per heavy atom. The van der Waals surface area contributed by atoms with E-state index in [4.69, 9.17) is 0 Å². The first-order chi connectivity index (χ1) is 20.5. The number of rotatable bonds is 24. The third kappa shape index (κ3) is 11.7. The van der Waals surface area contributed by atoms with E-state index in [1.807, 2.05) is 16.2 Å². The van der Waals surface area contributed by atoms with Crippen LogP contribution < -0.4 is 16.2 Å². The van der Waals surface area contributed by atoms with Crippen LogP contribution in [-0.4, -0.2) is 44.8 Å². The van der Waals surface area contributed by atoms with Gasteiger partial charge in [-0.1, -0.05) is 52.4 Å². The van der Waals surface area contributed by atoms with Crippen molar-refractivity contribution in [3.63, 3.8) is 0 Å². The fourth-order valence-electron chi connectivity index (χ4n) is 7.21. The van der Waals surface area contributed by atoms with Gasteiger partial charge in [0.2, 0.25) is 0 Å². The second-order valence-corrected chi connectivity index (χ2v) is 53.3. The van der Waals surface area contributed by atoms with Gasteiger partial charge in [0, 0.05) is 0 Å². The van der Waals surface area contributed by atoms with Gasteiger partial charge in [-0.3, -0.25) is 0 Å². The van der Waals surface area contributed by atoms with E-state index < -0.39 is 44.8 Å². The molecule has 2 aromatic heterocycles. The van der Waals surface area contributed by atoms with Gasteiger partial charge < -0.3 is 0 Å². The Morgan fingerprint density at radius 1 is 0.442 bits per heavy atom. The zero-order chi connectivity index (χ0) is 31.3. The summed E-state index contributed by atoms with van der Waals surface area (Å²) in [5, 5.41) is 3.87. The third-order valence-corrected chi connectivity index (χ3v) is 37.0. The molecule has 5 heteroatoms. The molecule has 0 spiro atoms. The first-order valence-electron chi connectivity index (χ1n) is 18.8. The van der Waals surface area contributed by atoms with Crippen molar-refractivity contribution in [1.29, 1.82) is 0 Å². The van der Waals surface area contributed by atoms with Crippen LogP contribution >= 0.6 is 22.7 Å². The van der Waals surface area contributed by atoms with E-state index in [1.54, 1.807) is 9.75 Å². The summed E-state index contributed by atoms with van der Waals surface area (Å²) in [7, 11) is -1.68. The van der Waals surface area contributed by atoms with Crippen molar-refractivity contribution in [3.05, 3.63) is 12.1 Å². The quantitative estimate of drug-likeness (QED) is 0.0729. The summed E-state index contributed by atoms with van der Waals surface area (Å²) in [6, 6.07) is 8.77. The van der Waals surface area contributed by atoms with Gasteiger partial charge in [0.15, 0.2) is 0 Å². The Balaban J connectivity index is 1.71. The molecule has 0 bridgehead atoms. The van der Waals surface area contributed by atoms with Crippen molar-refractivity contribution >= 4 is 83.7 Å². The number of hydrogen-bond acceptors (Lipinski definition) is 2. The van der Waals surface area contributed by atoms with Crippen LogP contribution in [0.5, 0.6) is 0 Å². The van der Waals surface area contributed by atoms with Crippen molar-refractivity contribution in [1.82, 2.24) is 0 Å². The van der Waals surface area contributed by atoms with Crippen LogP contribution in [-0.2, 0) is 0 Å². The van der Waals surface area contributed by atoms with Gasteiger partial charge in [-0.05, 0) is 0 Å². The molecule has 1 aliphatic heterocycles. The second-order valence-electron chi connectivity index (χ2n) is 16.2. The number of fused-ring (bicyclic) bond motifs is 3. The van der Waals surface area contributed by atoms with E-state index in [1.165, 1.54) is 141 Å². The number of hydrogen-bond donors (Lipinski definition) is 0. The fraction of sp³-hybridized carbons (Fsp3) is 0.789. The molecule has 2 aromatic rings. The molecule has 0 aromatic carbocycles. The molecule has 0 aliphatic carbocycles. The van der Waals surface area contributed by atoms with E-state index in [2.05, 4.69) is 78.3 Å². The van der Waals surface area contributed by atoms with Gasteiger partial charge in [0.1, 0.15) is 0 Å². The van der Waals surface area contributed by atoms with Gasteiger partial charge >= 0.3 is 237 Å². The second kappa shape index (κ2) is 19.3. The molecule has 3 heterocycles. The van der Waals surface area contributed by atoms with Crippen LogP contribution in [0.3, 0.4) is 0 Å². The molecule has 1 aliphatic rings. The van der Waals surface area contributed by atoms with Gasteiger partial charge in [0.25, 0.3) is 0 Å². The van der Waals surface area contributed by atoms with Crippen molar-refractivity contribution in [2.24, 2.45) is 0 Å². The third-order valence-electron chi connectivity index (χ3n) is 10.1. The van der Waals surface area contributed by atoms with Crippen LogP contribution in [0.25, 0.3) is 9.75 Å². The maximum absolute atomic E-state index is 2.85. The molecule has 0 atom stereocenters. The molecule has 0 saturated heterocycles. The predicted molar refractivity (Wildman–Crippen MR) is 212 cm³/mol. The van der Waals surface area contributed by atoms with Crippen LogP contribution in [0, 0.1) is 0 Å². The zero-order valence-electron chi connectivity index (χ0n) is 30.0. The monoisotopic (exact) mass is 858 g/mol. The van der Waals surface area contributed by atoms with E-state index >= 15 is 0 Å². The first kappa shape index (κ1) is 38.7. The fourth-order valence-corrected chi connectivity index (χ4v) is 27.9. The first-order valence-corrected chi connectivity index (χ1v) is 42.9. The molecule has 3 rings (SSSR count). The van der Waals surface area contributed by atoms with E-state index in [0.29, 0.717) is 0 Å². The molecule has 0 saturated carbocycles. The van der Waals surface area contributed by atoms with Crippen molar-refractivity contribution < 1.29 is 0 Å². The summed E-state index contributed by atoms with van der Waals surface area (Å²) in [4.78, 5) is 19.5. The molecule has 0 fully saturated rings. The zero-order valence-corrected chi connectivity index (χ0v) is 38.4. The van der Waals surface area contributed by atoms with Crippen LogP contribution in [0.15, 0.2) is 12.1 Å². The van der Waals surface area contributed by atoms with Gasteiger partial charge in [-0.25, -0.2) is 0 Å². The minimum atomic E-state index is -2.12. The Hall–Kier alpha value is 1.21. The van der Waals surface area contributed by atoms with E-state index in [9.17, 15) is 0 Å². The Labute approximate surface area is 286 Å². The molecular formula is C38H70S2SiSn2. The summed E-state index contributed by atoms with van der Waals surface area (Å²) in [5.41, 5.74) is 0. The Kier molecular flexibility index (Phi) is 17.3. The summed E-state index contributed by atoms with van der Waals surface area (Å²) in [6.07, 6.45) is 29.1. The molecule has 0 amide bonds. The molecule has 0 nitrogen and oxygen atoms in total. The summed E-state index contributed by atoms with van der Waals surface area (Å²) >= 11 is 0.321. The van der Waals surface area contributed by atoms with Crippen molar-refractivity contribution in [3.8, 4) is 9.75 Å². The topological polar surface area (TPSA) is 0 Å². The van der Waals surface area contributed by atoms with Gasteiger partial charge in [-0.2, -0.15) is 0 Å². The number of thiophene rings is 2. The summed E-state index contributed by atoms with van der Waals surface area (Å²) in [6.45, 7) is 4.66.